The second-order valence-electron chi connectivity index (χ2n) is 47.3. The average molecular weight is 2360 g/mol. The molecule has 140 heavy (non-hydrogen) atoms. The maximum Gasteiger partial charge on any atom is 4.00 e. The first-order valence-corrected chi connectivity index (χ1v) is 82.9. The maximum atomic E-state index is 16.9. The molecule has 14 aliphatic carbocycles. The predicted molar refractivity (Wildman–Crippen MR) is 541 cm³/mol. The molecule has 0 radical (unpaired) electrons. The SMILES string of the molecule is CC(C)O.CC(C)O.CC(C)[O-].CC(C)[O-].[O-][Si]1(C2CCCCC2)O[Si]2(C3CCCCC3)O[Si]([O-])(C3CCCCC3)O[Si]3(C4CCCCC4)O[Si]([O-])(C4CCCCC4)O[Si](C4CCCCC4)(O1)O[Si](C1CCCCC1)(O2)O3.[O-][Si]1(C2CCCCC2)O[Si]2(C3CCCCC3)O[Si]([O-])(C3CCCCC3)O[Si]3(C4CCCCC4)O[Si]([O-])(C4CCCCC4)O[Si](C4CCCCC4)(O1)O[Si](C1CCCCC1)(O2)O3.[Zr+4].[Zr+4]. The van der Waals surface area contributed by atoms with Crippen LogP contribution in [0.2, 0.25) is 77.6 Å². The Kier molecular flexibility index (Phi) is 46.8. The van der Waals surface area contributed by atoms with Crippen LogP contribution in [0.1, 0.15) is 505 Å². The third kappa shape index (κ3) is 29.6. The summed E-state index contributed by atoms with van der Waals surface area (Å²) in [7, 11) is -62.6. The second kappa shape index (κ2) is 54.3. The fourth-order valence-electron chi connectivity index (χ4n) is 27.6. The fourth-order valence-corrected chi connectivity index (χ4v) is 112. The van der Waals surface area contributed by atoms with Gasteiger partial charge in [-0.2, -0.15) is 0 Å². The quantitative estimate of drug-likeness (QED) is 0.153. The van der Waals surface area contributed by atoms with E-state index in [1.807, 2.05) is 0 Å². The van der Waals surface area contributed by atoms with E-state index in [4.69, 9.17) is 84.3 Å². The minimum Gasteiger partial charge on any atom is -0.852 e. The van der Waals surface area contributed by atoms with Gasteiger partial charge in [0.05, 0.1) is 0 Å². The van der Waals surface area contributed by atoms with Crippen molar-refractivity contribution >= 4 is 123 Å². The van der Waals surface area contributed by atoms with Crippen LogP contribution in [-0.2, 0) is 126 Å². The average Bonchev–Trinajstić information content (AvgIpc) is 0.690. The summed E-state index contributed by atoms with van der Waals surface area (Å²) in [6.07, 6.45) is 61.5. The van der Waals surface area contributed by atoms with E-state index in [2.05, 4.69) is 0 Å². The van der Waals surface area contributed by atoms with Crippen LogP contribution in [0.3, 0.4) is 0 Å². The van der Waals surface area contributed by atoms with Gasteiger partial charge in [-0.1, -0.05) is 297 Å². The minimum atomic E-state index is -4.68. The summed E-state index contributed by atoms with van der Waals surface area (Å²) in [5.41, 5.74) is -4.08. The van der Waals surface area contributed by atoms with Gasteiger partial charge in [-0.05, 0) is 241 Å². The Morgan fingerprint density at radius 2 is 0.214 bits per heavy atom. The Morgan fingerprint density at radius 1 is 0.150 bits per heavy atom. The van der Waals surface area contributed by atoms with Gasteiger partial charge in [0, 0.05) is 56.5 Å². The van der Waals surface area contributed by atoms with Crippen LogP contribution in [0.5, 0.6) is 0 Å². The molecule has 0 unspecified atom stereocenters. The summed E-state index contributed by atoms with van der Waals surface area (Å²) in [5.74, 6) is 0. The summed E-state index contributed by atoms with van der Waals surface area (Å²) in [4.78, 5) is 101. The molecule has 0 spiro atoms. The molecule has 20 rings (SSSR count). The molecule has 6 saturated heterocycles. The molecule has 20 aliphatic rings. The smallest absolute Gasteiger partial charge is 0.852 e. The molecule has 14 saturated carbocycles. The Labute approximate surface area is 897 Å². The van der Waals surface area contributed by atoms with Gasteiger partial charge in [0.15, 0.2) is 0 Å². The van der Waals surface area contributed by atoms with Crippen molar-refractivity contribution in [1.82, 2.24) is 0 Å². The Morgan fingerprint density at radius 3 is 0.293 bits per heavy atom. The number of rotatable bonds is 14. The van der Waals surface area contributed by atoms with Gasteiger partial charge in [-0.25, -0.2) is 0 Å². The van der Waals surface area contributed by atoms with Crippen molar-refractivity contribution in [3.63, 3.8) is 0 Å². The molecule has 20 fully saturated rings. The topological polar surface area (TPSA) is 391 Å². The van der Waals surface area contributed by atoms with Gasteiger partial charge >= 0.3 is 123 Å². The molecule has 2 N–H and O–H groups in total. The van der Waals surface area contributed by atoms with Crippen LogP contribution in [0.25, 0.3) is 0 Å². The molecule has 0 amide bonds. The van der Waals surface area contributed by atoms with E-state index in [-0.39, 0.29) is 109 Å². The fraction of sp³-hybridized carbons (Fsp3) is 1.00. The van der Waals surface area contributed by atoms with Crippen LogP contribution >= 0.6 is 0 Å². The number of fused-ring (bicyclic) bond motifs is 6. The Hall–Kier alpha value is 3.68. The van der Waals surface area contributed by atoms with E-state index < -0.39 is 169 Å². The van der Waals surface area contributed by atoms with Crippen LogP contribution in [0.15, 0.2) is 0 Å². The van der Waals surface area contributed by atoms with E-state index in [1.54, 1.807) is 55.4 Å². The summed E-state index contributed by atoms with van der Waals surface area (Å²) < 4.78 is 141. The molecule has 6 aliphatic heterocycles. The van der Waals surface area contributed by atoms with Gasteiger partial charge in [0.2, 0.25) is 52.8 Å². The van der Waals surface area contributed by atoms with E-state index in [1.165, 1.54) is 0 Å². The van der Waals surface area contributed by atoms with Crippen LogP contribution in [0, 0.1) is 0 Å². The summed E-state index contributed by atoms with van der Waals surface area (Å²) in [6, 6.07) is 0. The zero-order valence-corrected chi connectivity index (χ0v) is 106. The predicted octanol–water partition coefficient (Wildman–Crippen LogP) is 18.6. The number of hydrogen-bond acceptors (Lipinski definition) is 28. The summed E-state index contributed by atoms with van der Waals surface area (Å²) >= 11 is 0. The minimum absolute atomic E-state index is 0. The van der Waals surface area contributed by atoms with Crippen LogP contribution in [0.4, 0.5) is 0 Å². The number of aliphatic hydroxyl groups excluding tert-OH is 2. The second-order valence-corrected chi connectivity index (χ2v) is 90.3. The zero-order valence-electron chi connectivity index (χ0n) is 87.4. The number of aliphatic hydroxyl groups is 2. The molecular formula is C96H184O28Si14Zr2. The maximum absolute atomic E-state index is 16.9. The zero-order chi connectivity index (χ0) is 97.6. The van der Waals surface area contributed by atoms with Crippen molar-refractivity contribution in [1.29, 1.82) is 0 Å². The monoisotopic (exact) mass is 2360 g/mol. The van der Waals surface area contributed by atoms with Crippen molar-refractivity contribution in [2.45, 2.75) is 607 Å². The normalized spacial score (nSPS) is 40.8. The molecule has 800 valence electrons. The van der Waals surface area contributed by atoms with Gasteiger partial charge in [0.25, 0.3) is 0 Å². The third-order valence-electron chi connectivity index (χ3n) is 34.6. The molecule has 8 bridgehead atoms. The Balaban J connectivity index is 0.000000202. The standard InChI is InChI=1S/2C42H77O12Si7.2C3H8O.2C3H7O.2Zr/c2*43-55(36-22-8-1-9-23-36)46-58(39-28-14-4-15-29-39)48-56(44,37-24-10-2-11-25-37)50-60(41-32-18-6-19-33-41)51-57(45,38-26-12-3-13-27-38)49-59(47-55,40-30-16-5-17-31-40)53-61(52-58,54-60)42-34-20-7-21-35-42;4*1-3(2)4;;/h2*36-42H,1-35H2;2*3-4H,1-2H3;2*3H,1-2H3;;/q2*-3;;;2*-1;2*+4. The molecule has 0 atom stereocenters. The van der Waals surface area contributed by atoms with Crippen molar-refractivity contribution in [2.75, 3.05) is 0 Å². The molecule has 44 heteroatoms. The van der Waals surface area contributed by atoms with Gasteiger partial charge in [0.1, 0.15) is 0 Å². The van der Waals surface area contributed by atoms with Crippen LogP contribution < -0.4 is 39.0 Å². The largest absolute Gasteiger partial charge is 4.00 e. The first-order chi connectivity index (χ1) is 66.1. The van der Waals surface area contributed by atoms with Crippen LogP contribution in [-0.4, -0.2) is 158 Å². The van der Waals surface area contributed by atoms with Crippen molar-refractivity contribution < 1.29 is 176 Å². The van der Waals surface area contributed by atoms with Gasteiger partial charge < -0.3 is 123 Å². The van der Waals surface area contributed by atoms with E-state index in [0.717, 1.165) is 372 Å². The molecule has 0 aromatic heterocycles. The van der Waals surface area contributed by atoms with Gasteiger partial charge in [-0.15, -0.1) is 12.2 Å². The third-order valence-corrected chi connectivity index (χ3v) is 97.6. The van der Waals surface area contributed by atoms with E-state index in [9.17, 15) is 10.2 Å². The first kappa shape index (κ1) is 121. The number of hydrogen-bond donors (Lipinski definition) is 2. The Bertz CT molecular complexity index is 3000. The molecule has 28 nitrogen and oxygen atoms in total. The first-order valence-electron chi connectivity index (χ1n) is 57.7. The van der Waals surface area contributed by atoms with E-state index >= 15 is 28.8 Å². The van der Waals surface area contributed by atoms with Crippen molar-refractivity contribution in [2.24, 2.45) is 0 Å². The van der Waals surface area contributed by atoms with Crippen molar-refractivity contribution in [3.8, 4) is 0 Å². The summed E-state index contributed by atoms with van der Waals surface area (Å²) in [5, 5.41) is 35.2. The molecule has 6 heterocycles. The molecule has 0 aromatic rings. The van der Waals surface area contributed by atoms with Gasteiger partial charge in [-0.3, -0.25) is 0 Å². The summed E-state index contributed by atoms with van der Waals surface area (Å²) in [6.45, 7) is 13.3. The van der Waals surface area contributed by atoms with Crippen molar-refractivity contribution in [3.05, 3.63) is 0 Å². The molecule has 0 aromatic carbocycles. The van der Waals surface area contributed by atoms with E-state index in [0.29, 0.717) is 77.0 Å². The molecular weight excluding hydrogens is 2180 g/mol.